The Kier molecular flexibility index (Phi) is 8.26. The van der Waals surface area contributed by atoms with Crippen LogP contribution in [0.25, 0.3) is 0 Å². The van der Waals surface area contributed by atoms with Crippen molar-refractivity contribution in [3.05, 3.63) is 54.1 Å². The van der Waals surface area contributed by atoms with E-state index in [9.17, 15) is 18.4 Å². The lowest BCUT2D eigenvalue weighted by atomic mass is 9.94. The van der Waals surface area contributed by atoms with Gasteiger partial charge in [-0.2, -0.15) is 0 Å². The van der Waals surface area contributed by atoms with E-state index in [1.165, 1.54) is 42.6 Å². The second-order valence-electron chi connectivity index (χ2n) is 10.8. The zero-order valence-corrected chi connectivity index (χ0v) is 22.8. The predicted octanol–water partition coefficient (Wildman–Crippen LogP) is 3.96. The number of sulfone groups is 1. The van der Waals surface area contributed by atoms with Crippen LogP contribution in [0.2, 0.25) is 0 Å². The molecule has 2 N–H and O–H groups in total. The highest BCUT2D eigenvalue weighted by Crippen LogP contribution is 2.39. The van der Waals surface area contributed by atoms with Crippen LogP contribution in [-0.4, -0.2) is 68.0 Å². The smallest absolute Gasteiger partial charge is 0.265 e. The highest BCUT2D eigenvalue weighted by molar-refractivity contribution is 7.93. The lowest BCUT2D eigenvalue weighted by molar-refractivity contribution is -0.133. The van der Waals surface area contributed by atoms with Crippen molar-refractivity contribution in [3.8, 4) is 5.75 Å². The van der Waals surface area contributed by atoms with Gasteiger partial charge in [-0.15, -0.1) is 0 Å². The Bertz CT molecular complexity index is 1200. The van der Waals surface area contributed by atoms with Crippen LogP contribution in [0.3, 0.4) is 0 Å². The lowest BCUT2D eigenvalue weighted by Gasteiger charge is -2.39. The first-order chi connectivity index (χ1) is 18.4. The average Bonchev–Trinajstić information content (AvgIpc) is 3.81. The molecule has 206 valence electrons. The number of amides is 1. The number of carbonyl (C=O) groups is 1. The summed E-state index contributed by atoms with van der Waals surface area (Å²) in [7, 11) is -4.01. The van der Waals surface area contributed by atoms with E-state index in [-0.39, 0.29) is 17.7 Å². The number of benzene rings is 2. The predicted molar refractivity (Wildman–Crippen MR) is 146 cm³/mol. The molecule has 0 radical (unpaired) electrons. The van der Waals surface area contributed by atoms with Crippen molar-refractivity contribution in [2.45, 2.75) is 73.5 Å². The Morgan fingerprint density at radius 3 is 2.37 bits per heavy atom. The summed E-state index contributed by atoms with van der Waals surface area (Å²) in [4.78, 5) is 17.5. The van der Waals surface area contributed by atoms with Crippen molar-refractivity contribution >= 4 is 21.4 Å². The summed E-state index contributed by atoms with van der Waals surface area (Å²) >= 11 is 0. The molecular weight excluding hydrogens is 502 g/mol. The standard InChI is InChI=1S/C29H39N3O5S/c33-28(30-34)29(15-19-32(20-16-29)24-9-10-24)38(35,36)27-13-11-26(12-14-27)37-21-5-7-23-6-4-8-25(22-23)31-17-2-1-3-18-31/h4,6,8,11-14,22,24,34H,1-3,5,7,9-10,15-21H2,(H,30,33). The molecule has 2 saturated heterocycles. The van der Waals surface area contributed by atoms with Crippen LogP contribution in [0.4, 0.5) is 5.69 Å². The number of piperidine rings is 2. The quantitative estimate of drug-likeness (QED) is 0.267. The third-order valence-corrected chi connectivity index (χ3v) is 10.9. The fraction of sp³-hybridized carbons (Fsp3) is 0.552. The van der Waals surface area contributed by atoms with Crippen LogP contribution in [0.15, 0.2) is 53.4 Å². The maximum atomic E-state index is 13.6. The number of aryl methyl sites for hydroxylation is 1. The molecule has 3 fully saturated rings. The number of ether oxygens (including phenoxy) is 1. The second-order valence-corrected chi connectivity index (χ2v) is 13.1. The molecular formula is C29H39N3O5S. The highest BCUT2D eigenvalue weighted by atomic mass is 32.2. The van der Waals surface area contributed by atoms with Crippen LogP contribution in [-0.2, 0) is 21.1 Å². The number of rotatable bonds is 10. The summed E-state index contributed by atoms with van der Waals surface area (Å²) in [6.07, 6.45) is 8.16. The minimum Gasteiger partial charge on any atom is -0.494 e. The first kappa shape index (κ1) is 27.0. The number of hydrogen-bond acceptors (Lipinski definition) is 7. The van der Waals surface area contributed by atoms with Crippen molar-refractivity contribution in [1.29, 1.82) is 0 Å². The van der Waals surface area contributed by atoms with Gasteiger partial charge in [0, 0.05) is 37.9 Å². The Hall–Kier alpha value is -2.62. The molecule has 0 unspecified atom stereocenters. The number of hydrogen-bond donors (Lipinski definition) is 2. The molecule has 0 atom stereocenters. The van der Waals surface area contributed by atoms with Crippen LogP contribution >= 0.6 is 0 Å². The zero-order valence-electron chi connectivity index (χ0n) is 22.0. The van der Waals surface area contributed by atoms with E-state index in [1.807, 2.05) is 0 Å². The topological polar surface area (TPSA) is 99.2 Å². The first-order valence-corrected chi connectivity index (χ1v) is 15.4. The minimum absolute atomic E-state index is 0.0721. The molecule has 1 aliphatic carbocycles. The first-order valence-electron chi connectivity index (χ1n) is 13.9. The third kappa shape index (κ3) is 5.70. The van der Waals surface area contributed by atoms with E-state index in [4.69, 9.17) is 4.74 Å². The van der Waals surface area contributed by atoms with Gasteiger partial charge in [-0.3, -0.25) is 10.0 Å². The minimum atomic E-state index is -4.01. The molecule has 2 heterocycles. The maximum absolute atomic E-state index is 13.6. The van der Waals surface area contributed by atoms with Gasteiger partial charge in [0.2, 0.25) is 0 Å². The summed E-state index contributed by atoms with van der Waals surface area (Å²) in [6.45, 7) is 3.83. The molecule has 0 spiro atoms. The zero-order chi connectivity index (χ0) is 26.6. The molecule has 9 heteroatoms. The Morgan fingerprint density at radius 1 is 1.00 bits per heavy atom. The Labute approximate surface area is 225 Å². The Balaban J connectivity index is 1.17. The fourth-order valence-corrected chi connectivity index (χ4v) is 7.83. The van der Waals surface area contributed by atoms with Gasteiger partial charge in [0.25, 0.3) is 5.91 Å². The largest absolute Gasteiger partial charge is 0.494 e. The third-order valence-electron chi connectivity index (χ3n) is 8.34. The van der Waals surface area contributed by atoms with E-state index in [1.54, 1.807) is 17.6 Å². The monoisotopic (exact) mass is 541 g/mol. The summed E-state index contributed by atoms with van der Waals surface area (Å²) in [5.74, 6) is -0.257. The van der Waals surface area contributed by atoms with Crippen LogP contribution in [0.5, 0.6) is 5.75 Å². The van der Waals surface area contributed by atoms with Gasteiger partial charge >= 0.3 is 0 Å². The number of hydroxylamine groups is 1. The van der Waals surface area contributed by atoms with Gasteiger partial charge in [0.15, 0.2) is 14.6 Å². The highest BCUT2D eigenvalue weighted by Gasteiger charge is 2.54. The van der Waals surface area contributed by atoms with Gasteiger partial charge in [0.05, 0.1) is 11.5 Å². The molecule has 0 bridgehead atoms. The molecule has 8 nitrogen and oxygen atoms in total. The summed E-state index contributed by atoms with van der Waals surface area (Å²) in [6, 6.07) is 15.5. The summed E-state index contributed by atoms with van der Waals surface area (Å²) < 4.78 is 31.5. The molecule has 3 aliphatic rings. The normalized spacial score (nSPS) is 20.2. The summed E-state index contributed by atoms with van der Waals surface area (Å²) in [5, 5.41) is 9.38. The molecule has 0 aromatic heterocycles. The fourth-order valence-electron chi connectivity index (χ4n) is 5.88. The van der Waals surface area contributed by atoms with Gasteiger partial charge in [-0.05, 0) is 99.7 Å². The molecule has 2 aromatic rings. The average molecular weight is 542 g/mol. The van der Waals surface area contributed by atoms with Gasteiger partial charge < -0.3 is 14.5 Å². The van der Waals surface area contributed by atoms with Crippen LogP contribution in [0.1, 0.15) is 56.9 Å². The number of anilines is 1. The SMILES string of the molecule is O=C(NO)C1(S(=O)(=O)c2ccc(OCCCc3cccc(N4CCCCC4)c3)cc2)CCN(C2CC2)CC1. The second kappa shape index (κ2) is 11.6. The molecule has 1 saturated carbocycles. The number of nitrogens with zero attached hydrogens (tertiary/aromatic N) is 2. The number of carbonyl (C=O) groups excluding carboxylic acids is 1. The molecule has 38 heavy (non-hydrogen) atoms. The van der Waals surface area contributed by atoms with E-state index < -0.39 is 20.5 Å². The van der Waals surface area contributed by atoms with Crippen LogP contribution in [0, 0.1) is 0 Å². The van der Waals surface area contributed by atoms with E-state index in [2.05, 4.69) is 34.1 Å². The van der Waals surface area contributed by atoms with Gasteiger partial charge in [-0.1, -0.05) is 12.1 Å². The van der Waals surface area contributed by atoms with E-state index >= 15 is 0 Å². The lowest BCUT2D eigenvalue weighted by Crippen LogP contribution is -2.58. The van der Waals surface area contributed by atoms with E-state index in [0.717, 1.165) is 38.8 Å². The van der Waals surface area contributed by atoms with Crippen molar-refractivity contribution < 1.29 is 23.2 Å². The van der Waals surface area contributed by atoms with Crippen molar-refractivity contribution in [2.24, 2.45) is 0 Å². The number of likely N-dealkylation sites (tertiary alicyclic amines) is 1. The van der Waals surface area contributed by atoms with Gasteiger partial charge in [-0.25, -0.2) is 13.9 Å². The van der Waals surface area contributed by atoms with Crippen molar-refractivity contribution in [3.63, 3.8) is 0 Å². The van der Waals surface area contributed by atoms with Crippen LogP contribution < -0.4 is 15.1 Å². The Morgan fingerprint density at radius 2 is 1.71 bits per heavy atom. The molecule has 2 aromatic carbocycles. The molecule has 5 rings (SSSR count). The molecule has 2 aliphatic heterocycles. The van der Waals surface area contributed by atoms with Gasteiger partial charge in [0.1, 0.15) is 5.75 Å². The van der Waals surface area contributed by atoms with Crippen molar-refractivity contribution in [1.82, 2.24) is 10.4 Å². The number of nitrogens with one attached hydrogen (secondary N) is 1. The maximum Gasteiger partial charge on any atom is 0.265 e. The van der Waals surface area contributed by atoms with E-state index in [0.29, 0.717) is 31.5 Å². The van der Waals surface area contributed by atoms with Crippen molar-refractivity contribution in [2.75, 3.05) is 37.7 Å². The molecule has 1 amide bonds. The summed E-state index contributed by atoms with van der Waals surface area (Å²) in [5.41, 5.74) is 4.22.